The van der Waals surface area contributed by atoms with Gasteiger partial charge < -0.3 is 14.8 Å². The first-order valence-corrected chi connectivity index (χ1v) is 10.0. The van der Waals surface area contributed by atoms with Gasteiger partial charge in [-0.1, -0.05) is 24.3 Å². The van der Waals surface area contributed by atoms with E-state index in [1.54, 1.807) is 25.6 Å². The summed E-state index contributed by atoms with van der Waals surface area (Å²) in [6, 6.07) is 15.6. The van der Waals surface area contributed by atoms with E-state index >= 15 is 0 Å². The summed E-state index contributed by atoms with van der Waals surface area (Å²) >= 11 is 1.59. The lowest BCUT2D eigenvalue weighted by atomic mass is 10.1. The van der Waals surface area contributed by atoms with Crippen LogP contribution in [0.5, 0.6) is 11.5 Å². The van der Waals surface area contributed by atoms with Gasteiger partial charge in [-0.2, -0.15) is 0 Å². The lowest BCUT2D eigenvalue weighted by Gasteiger charge is -2.06. The van der Waals surface area contributed by atoms with Gasteiger partial charge in [0, 0.05) is 24.8 Å². The van der Waals surface area contributed by atoms with Crippen LogP contribution in [-0.4, -0.2) is 31.7 Å². The Morgan fingerprint density at radius 3 is 2.57 bits per heavy atom. The van der Waals surface area contributed by atoms with Crippen molar-refractivity contribution in [2.75, 3.05) is 20.8 Å². The number of rotatable bonds is 9. The molecule has 0 aliphatic heterocycles. The van der Waals surface area contributed by atoms with Crippen molar-refractivity contribution in [1.29, 1.82) is 0 Å². The van der Waals surface area contributed by atoms with E-state index in [0.717, 1.165) is 33.3 Å². The second kappa shape index (κ2) is 9.90. The fourth-order valence-corrected chi connectivity index (χ4v) is 3.72. The number of hydrogen-bond acceptors (Lipinski definition) is 5. The highest BCUT2D eigenvalue weighted by Crippen LogP contribution is 2.31. The van der Waals surface area contributed by atoms with Gasteiger partial charge in [0.15, 0.2) is 0 Å². The predicted molar refractivity (Wildman–Crippen MR) is 112 cm³/mol. The molecule has 0 radical (unpaired) electrons. The van der Waals surface area contributed by atoms with E-state index in [0.29, 0.717) is 25.8 Å². The largest absolute Gasteiger partial charge is 0.497 e. The number of para-hydroxylation sites is 1. The van der Waals surface area contributed by atoms with Gasteiger partial charge in [0.25, 0.3) is 0 Å². The van der Waals surface area contributed by atoms with E-state index in [1.807, 2.05) is 53.9 Å². The minimum Gasteiger partial charge on any atom is -0.497 e. The third kappa shape index (κ3) is 5.33. The second-order valence-corrected chi connectivity index (χ2v) is 7.15. The molecule has 3 rings (SSSR count). The maximum atomic E-state index is 12.1. The smallest absolute Gasteiger partial charge is 0.220 e. The van der Waals surface area contributed by atoms with Crippen molar-refractivity contribution in [1.82, 2.24) is 10.3 Å². The summed E-state index contributed by atoms with van der Waals surface area (Å²) in [4.78, 5) is 16.7. The van der Waals surface area contributed by atoms with Crippen molar-refractivity contribution in [3.05, 3.63) is 65.2 Å². The minimum atomic E-state index is 0.0519. The van der Waals surface area contributed by atoms with Crippen LogP contribution in [0.4, 0.5) is 0 Å². The molecule has 0 saturated heterocycles. The van der Waals surface area contributed by atoms with Gasteiger partial charge in [-0.05, 0) is 36.2 Å². The van der Waals surface area contributed by atoms with Crippen LogP contribution in [0.25, 0.3) is 10.6 Å². The summed E-state index contributed by atoms with van der Waals surface area (Å²) in [7, 11) is 3.30. The SMILES string of the molecule is COc1ccc(CCC(=O)NCCc2csc(-c3ccccc3OC)n2)cc1. The van der Waals surface area contributed by atoms with Gasteiger partial charge in [0.05, 0.1) is 25.5 Å². The molecule has 28 heavy (non-hydrogen) atoms. The number of carbonyl (C=O) groups excluding carboxylic acids is 1. The van der Waals surface area contributed by atoms with Crippen molar-refractivity contribution >= 4 is 17.2 Å². The molecule has 3 aromatic rings. The van der Waals surface area contributed by atoms with Crippen LogP contribution in [0.3, 0.4) is 0 Å². The lowest BCUT2D eigenvalue weighted by molar-refractivity contribution is -0.121. The van der Waals surface area contributed by atoms with Crippen molar-refractivity contribution in [2.24, 2.45) is 0 Å². The van der Waals surface area contributed by atoms with Gasteiger partial charge >= 0.3 is 0 Å². The van der Waals surface area contributed by atoms with E-state index in [4.69, 9.17) is 9.47 Å². The molecule has 0 aliphatic rings. The Morgan fingerprint density at radius 1 is 1.04 bits per heavy atom. The molecule has 2 aromatic carbocycles. The maximum Gasteiger partial charge on any atom is 0.220 e. The molecule has 0 unspecified atom stereocenters. The van der Waals surface area contributed by atoms with Crippen LogP contribution >= 0.6 is 11.3 Å². The molecule has 1 aromatic heterocycles. The molecule has 0 atom stereocenters. The summed E-state index contributed by atoms with van der Waals surface area (Å²) in [5.41, 5.74) is 3.09. The highest BCUT2D eigenvalue weighted by molar-refractivity contribution is 7.13. The first-order chi connectivity index (χ1) is 13.7. The van der Waals surface area contributed by atoms with E-state index in [2.05, 4.69) is 10.3 Å². The molecular weight excluding hydrogens is 372 g/mol. The number of aromatic nitrogens is 1. The molecule has 6 heteroatoms. The fraction of sp³-hybridized carbons (Fsp3) is 0.273. The number of aryl methyl sites for hydroxylation is 1. The average Bonchev–Trinajstić information content (AvgIpc) is 3.21. The van der Waals surface area contributed by atoms with E-state index in [9.17, 15) is 4.79 Å². The third-order valence-electron chi connectivity index (χ3n) is 4.39. The van der Waals surface area contributed by atoms with Gasteiger partial charge in [-0.3, -0.25) is 4.79 Å². The number of nitrogens with zero attached hydrogens (tertiary/aromatic N) is 1. The predicted octanol–water partition coefficient (Wildman–Crippen LogP) is 4.12. The highest BCUT2D eigenvalue weighted by atomic mass is 32.1. The summed E-state index contributed by atoms with van der Waals surface area (Å²) in [6.45, 7) is 0.580. The molecule has 0 bridgehead atoms. The maximum absolute atomic E-state index is 12.1. The Kier molecular flexibility index (Phi) is 7.03. The Hall–Kier alpha value is -2.86. The van der Waals surface area contributed by atoms with E-state index in [-0.39, 0.29) is 5.91 Å². The first kappa shape index (κ1) is 19.9. The zero-order chi connectivity index (χ0) is 19.8. The monoisotopic (exact) mass is 396 g/mol. The summed E-state index contributed by atoms with van der Waals surface area (Å²) in [6.07, 6.45) is 1.89. The number of benzene rings is 2. The van der Waals surface area contributed by atoms with Gasteiger partial charge in [-0.25, -0.2) is 4.98 Å². The first-order valence-electron chi connectivity index (χ1n) is 9.17. The van der Waals surface area contributed by atoms with E-state index in [1.165, 1.54) is 0 Å². The molecule has 0 saturated carbocycles. The fourth-order valence-electron chi connectivity index (χ4n) is 2.84. The molecule has 0 spiro atoms. The number of methoxy groups -OCH3 is 2. The van der Waals surface area contributed by atoms with E-state index < -0.39 is 0 Å². The van der Waals surface area contributed by atoms with Crippen LogP contribution in [0, 0.1) is 0 Å². The van der Waals surface area contributed by atoms with Crippen molar-refractivity contribution < 1.29 is 14.3 Å². The van der Waals surface area contributed by atoms with Gasteiger partial charge in [0.2, 0.25) is 5.91 Å². The Morgan fingerprint density at radius 2 is 1.82 bits per heavy atom. The Labute approximate surface area is 169 Å². The van der Waals surface area contributed by atoms with Gasteiger partial charge in [-0.15, -0.1) is 11.3 Å². The zero-order valence-electron chi connectivity index (χ0n) is 16.1. The van der Waals surface area contributed by atoms with Crippen molar-refractivity contribution in [2.45, 2.75) is 19.3 Å². The van der Waals surface area contributed by atoms with Crippen molar-refractivity contribution in [3.8, 4) is 22.1 Å². The highest BCUT2D eigenvalue weighted by Gasteiger charge is 2.10. The number of ether oxygens (including phenoxy) is 2. The topological polar surface area (TPSA) is 60.5 Å². The van der Waals surface area contributed by atoms with Gasteiger partial charge in [0.1, 0.15) is 16.5 Å². The molecule has 1 amide bonds. The normalized spacial score (nSPS) is 10.5. The molecule has 0 aliphatic carbocycles. The van der Waals surface area contributed by atoms with Crippen LogP contribution in [-0.2, 0) is 17.6 Å². The summed E-state index contributed by atoms with van der Waals surface area (Å²) in [5.74, 6) is 1.69. The second-order valence-electron chi connectivity index (χ2n) is 6.29. The van der Waals surface area contributed by atoms with Crippen LogP contribution in [0.1, 0.15) is 17.7 Å². The summed E-state index contributed by atoms with van der Waals surface area (Å²) < 4.78 is 10.5. The van der Waals surface area contributed by atoms with Crippen LogP contribution < -0.4 is 14.8 Å². The molecule has 1 N–H and O–H groups in total. The minimum absolute atomic E-state index is 0.0519. The van der Waals surface area contributed by atoms with Crippen molar-refractivity contribution in [3.63, 3.8) is 0 Å². The van der Waals surface area contributed by atoms with Crippen LogP contribution in [0.15, 0.2) is 53.9 Å². The number of thiazole rings is 1. The molecular formula is C22H24N2O3S. The number of hydrogen-bond donors (Lipinski definition) is 1. The summed E-state index contributed by atoms with van der Waals surface area (Å²) in [5, 5.41) is 5.93. The van der Waals surface area contributed by atoms with Crippen LogP contribution in [0.2, 0.25) is 0 Å². The number of amides is 1. The molecule has 5 nitrogen and oxygen atoms in total. The average molecular weight is 397 g/mol. The Bertz CT molecular complexity index is 906. The number of carbonyl (C=O) groups is 1. The third-order valence-corrected chi connectivity index (χ3v) is 5.32. The molecule has 0 fully saturated rings. The molecule has 1 heterocycles. The number of nitrogens with one attached hydrogen (secondary N) is 1. The quantitative estimate of drug-likeness (QED) is 0.591. The Balaban J connectivity index is 1.44. The standard InChI is InChI=1S/C22H24N2O3S/c1-26-18-10-7-16(8-11-18)9-12-21(25)23-14-13-17-15-28-22(24-17)19-5-3-4-6-20(19)27-2/h3-8,10-11,15H,9,12-14H2,1-2H3,(H,23,25). The lowest BCUT2D eigenvalue weighted by Crippen LogP contribution is -2.25. The molecule has 146 valence electrons. The zero-order valence-corrected chi connectivity index (χ0v) is 16.9.